The van der Waals surface area contributed by atoms with E-state index in [9.17, 15) is 9.59 Å². The molecular weight excluding hydrogens is 308 g/mol. The monoisotopic (exact) mass is 340 g/mol. The lowest BCUT2D eigenvalue weighted by molar-refractivity contribution is -0.151. The molecule has 0 bridgehead atoms. The Morgan fingerprint density at radius 3 is 2.54 bits per heavy atom. The van der Waals surface area contributed by atoms with Gasteiger partial charge in [0.15, 0.2) is 0 Å². The van der Waals surface area contributed by atoms with Gasteiger partial charge in [0.25, 0.3) is 0 Å². The third kappa shape index (κ3) is 5.10. The lowest BCUT2D eigenvalue weighted by Crippen LogP contribution is -2.60. The Bertz CT molecular complexity index is 410. The number of rotatable bonds is 6. The summed E-state index contributed by atoms with van der Waals surface area (Å²) in [6.07, 6.45) is 8.79. The highest BCUT2D eigenvalue weighted by Gasteiger charge is 2.41. The molecule has 1 aliphatic heterocycles. The van der Waals surface area contributed by atoms with Crippen LogP contribution in [0.15, 0.2) is 0 Å². The molecule has 0 aromatic heterocycles. The molecule has 2 aliphatic rings. The van der Waals surface area contributed by atoms with Gasteiger partial charge in [-0.1, -0.05) is 32.6 Å². The number of hydrogen-bond acceptors (Lipinski definition) is 5. The number of unbranched alkanes of at least 4 members (excludes halogenated alkanes) is 1. The number of alkyl carbamates (subject to hydrolysis) is 1. The fraction of sp³-hybridized carbons (Fsp3) is 0.889. The maximum absolute atomic E-state index is 12.2. The second-order valence-corrected chi connectivity index (χ2v) is 6.88. The molecule has 1 heterocycles. The minimum absolute atomic E-state index is 0.241. The Balaban J connectivity index is 2.05. The molecule has 0 spiro atoms. The average Bonchev–Trinajstić information content (AvgIpc) is 2.62. The summed E-state index contributed by atoms with van der Waals surface area (Å²) >= 11 is 0. The van der Waals surface area contributed by atoms with Crippen LogP contribution in [0.4, 0.5) is 4.79 Å². The number of ether oxygens (including phenoxy) is 2. The van der Waals surface area contributed by atoms with Crippen molar-refractivity contribution < 1.29 is 19.1 Å². The van der Waals surface area contributed by atoms with Gasteiger partial charge in [0.05, 0.1) is 25.8 Å². The Morgan fingerprint density at radius 1 is 1.12 bits per heavy atom. The minimum atomic E-state index is -0.426. The molecule has 2 unspecified atom stereocenters. The molecule has 2 rings (SSSR count). The Morgan fingerprint density at radius 2 is 1.88 bits per heavy atom. The normalized spacial score (nSPS) is 25.9. The highest BCUT2D eigenvalue weighted by Crippen LogP contribution is 2.31. The molecule has 1 aliphatic carbocycles. The summed E-state index contributed by atoms with van der Waals surface area (Å²) in [5, 5.41) is 2.95. The van der Waals surface area contributed by atoms with Crippen LogP contribution >= 0.6 is 0 Å². The van der Waals surface area contributed by atoms with Gasteiger partial charge in [0.2, 0.25) is 0 Å². The summed E-state index contributed by atoms with van der Waals surface area (Å²) in [6, 6.07) is 0.437. The SMILES string of the molecule is CCCCOC(=O)NC1C(C(=O)OC)CCCN1C1CCCCC1. The second kappa shape index (κ2) is 9.87. The topological polar surface area (TPSA) is 67.9 Å². The third-order valence-corrected chi connectivity index (χ3v) is 5.21. The van der Waals surface area contributed by atoms with Crippen molar-refractivity contribution in [2.75, 3.05) is 20.3 Å². The van der Waals surface area contributed by atoms with Gasteiger partial charge in [0, 0.05) is 12.6 Å². The van der Waals surface area contributed by atoms with Crippen LogP contribution < -0.4 is 5.32 Å². The van der Waals surface area contributed by atoms with Crippen molar-refractivity contribution in [3.63, 3.8) is 0 Å². The van der Waals surface area contributed by atoms with E-state index in [0.717, 1.165) is 45.1 Å². The largest absolute Gasteiger partial charge is 0.469 e. The molecule has 24 heavy (non-hydrogen) atoms. The van der Waals surface area contributed by atoms with E-state index in [2.05, 4.69) is 17.1 Å². The molecule has 2 fully saturated rings. The first kappa shape index (κ1) is 19.0. The molecule has 1 amide bonds. The number of carbonyl (C=O) groups excluding carboxylic acids is 2. The Labute approximate surface area is 145 Å². The van der Waals surface area contributed by atoms with Gasteiger partial charge >= 0.3 is 12.1 Å². The van der Waals surface area contributed by atoms with Gasteiger partial charge in [-0.2, -0.15) is 0 Å². The lowest BCUT2D eigenvalue weighted by atomic mass is 9.88. The van der Waals surface area contributed by atoms with E-state index in [1.165, 1.54) is 26.4 Å². The van der Waals surface area contributed by atoms with E-state index < -0.39 is 6.09 Å². The van der Waals surface area contributed by atoms with E-state index in [4.69, 9.17) is 9.47 Å². The van der Waals surface area contributed by atoms with Gasteiger partial charge in [-0.15, -0.1) is 0 Å². The first-order chi connectivity index (χ1) is 11.7. The second-order valence-electron chi connectivity index (χ2n) is 6.88. The fourth-order valence-corrected chi connectivity index (χ4v) is 3.90. The summed E-state index contributed by atoms with van der Waals surface area (Å²) in [6.45, 7) is 3.39. The van der Waals surface area contributed by atoms with Crippen LogP contribution in [0.3, 0.4) is 0 Å². The minimum Gasteiger partial charge on any atom is -0.469 e. The number of piperidine rings is 1. The molecule has 1 saturated carbocycles. The summed E-state index contributed by atoms with van der Waals surface area (Å²) in [5.74, 6) is -0.557. The molecule has 138 valence electrons. The molecule has 0 radical (unpaired) electrons. The van der Waals surface area contributed by atoms with Crippen LogP contribution in [-0.2, 0) is 14.3 Å². The van der Waals surface area contributed by atoms with Crippen molar-refractivity contribution in [2.24, 2.45) is 5.92 Å². The van der Waals surface area contributed by atoms with Crippen molar-refractivity contribution in [1.82, 2.24) is 10.2 Å². The van der Waals surface area contributed by atoms with Crippen LogP contribution in [0.2, 0.25) is 0 Å². The van der Waals surface area contributed by atoms with E-state index in [-0.39, 0.29) is 18.1 Å². The number of esters is 1. The maximum Gasteiger partial charge on any atom is 0.408 e. The first-order valence-corrected chi connectivity index (χ1v) is 9.44. The van der Waals surface area contributed by atoms with Gasteiger partial charge in [-0.25, -0.2) is 4.79 Å². The molecule has 0 aromatic carbocycles. The third-order valence-electron chi connectivity index (χ3n) is 5.21. The average molecular weight is 340 g/mol. The zero-order valence-electron chi connectivity index (χ0n) is 15.1. The summed E-state index contributed by atoms with van der Waals surface area (Å²) in [5.41, 5.74) is 0. The van der Waals surface area contributed by atoms with Gasteiger partial charge in [-0.05, 0) is 32.1 Å². The van der Waals surface area contributed by atoms with Crippen molar-refractivity contribution in [1.29, 1.82) is 0 Å². The highest BCUT2D eigenvalue weighted by molar-refractivity contribution is 5.75. The standard InChI is InChI=1S/C18H32N2O4/c1-3-4-13-24-18(22)19-16-15(17(21)23-2)11-8-12-20(16)14-9-6-5-7-10-14/h14-16H,3-13H2,1-2H3,(H,19,22). The number of likely N-dealkylation sites (tertiary alicyclic amines) is 1. The molecule has 2 atom stereocenters. The molecule has 6 heteroatoms. The number of nitrogens with one attached hydrogen (secondary N) is 1. The number of amides is 1. The Hall–Kier alpha value is -1.30. The van der Waals surface area contributed by atoms with Gasteiger partial charge < -0.3 is 14.8 Å². The maximum atomic E-state index is 12.2. The van der Waals surface area contributed by atoms with Gasteiger partial charge in [-0.3, -0.25) is 9.69 Å². The zero-order chi connectivity index (χ0) is 17.4. The summed E-state index contributed by atoms with van der Waals surface area (Å²) in [4.78, 5) is 26.7. The van der Waals surface area contributed by atoms with E-state index in [1.54, 1.807) is 0 Å². The number of carbonyl (C=O) groups is 2. The van der Waals surface area contributed by atoms with Gasteiger partial charge in [0.1, 0.15) is 0 Å². The van der Waals surface area contributed by atoms with Crippen LogP contribution in [-0.4, -0.2) is 49.4 Å². The van der Waals surface area contributed by atoms with Crippen LogP contribution in [0.25, 0.3) is 0 Å². The highest BCUT2D eigenvalue weighted by atomic mass is 16.5. The zero-order valence-corrected chi connectivity index (χ0v) is 15.1. The van der Waals surface area contributed by atoms with Crippen LogP contribution in [0.1, 0.15) is 64.7 Å². The van der Waals surface area contributed by atoms with Crippen molar-refractivity contribution in [3.8, 4) is 0 Å². The fourth-order valence-electron chi connectivity index (χ4n) is 3.90. The molecule has 6 nitrogen and oxygen atoms in total. The smallest absolute Gasteiger partial charge is 0.408 e. The molecular formula is C18H32N2O4. The van der Waals surface area contributed by atoms with Crippen molar-refractivity contribution in [3.05, 3.63) is 0 Å². The number of methoxy groups -OCH3 is 1. The lowest BCUT2D eigenvalue weighted by Gasteiger charge is -2.45. The van der Waals surface area contributed by atoms with E-state index in [0.29, 0.717) is 12.6 Å². The predicted octanol–water partition coefficient (Wildman–Crippen LogP) is 3.06. The quantitative estimate of drug-likeness (QED) is 0.594. The predicted molar refractivity (Wildman–Crippen MR) is 91.5 cm³/mol. The summed E-state index contributed by atoms with van der Waals surface area (Å²) < 4.78 is 10.2. The van der Waals surface area contributed by atoms with E-state index >= 15 is 0 Å². The molecule has 1 saturated heterocycles. The van der Waals surface area contributed by atoms with Crippen molar-refractivity contribution in [2.45, 2.75) is 76.9 Å². The van der Waals surface area contributed by atoms with Crippen LogP contribution in [0.5, 0.6) is 0 Å². The molecule has 0 aromatic rings. The summed E-state index contributed by atoms with van der Waals surface area (Å²) in [7, 11) is 1.42. The number of hydrogen-bond donors (Lipinski definition) is 1. The first-order valence-electron chi connectivity index (χ1n) is 9.44. The van der Waals surface area contributed by atoms with Crippen molar-refractivity contribution >= 4 is 12.1 Å². The van der Waals surface area contributed by atoms with E-state index in [1.807, 2.05) is 0 Å². The Kier molecular flexibility index (Phi) is 7.82. The molecule has 1 N–H and O–H groups in total. The van der Waals surface area contributed by atoms with Crippen LogP contribution in [0, 0.1) is 5.92 Å². The number of nitrogens with zero attached hydrogens (tertiary/aromatic N) is 1.